The molecule has 0 unspecified atom stereocenters. The maximum atomic E-state index is 11.9. The molecule has 0 spiro atoms. The fourth-order valence-corrected chi connectivity index (χ4v) is 2.92. The van der Waals surface area contributed by atoms with Gasteiger partial charge < -0.3 is 14.9 Å². The topological polar surface area (TPSA) is 72.3 Å². The summed E-state index contributed by atoms with van der Waals surface area (Å²) in [7, 11) is 0. The molecular weight excluding hydrogens is 366 g/mol. The lowest BCUT2D eigenvalue weighted by Crippen LogP contribution is -2.26. The van der Waals surface area contributed by atoms with Crippen LogP contribution >= 0.6 is 0 Å². The zero-order chi connectivity index (χ0) is 21.2. The average molecular weight is 398 g/mol. The van der Waals surface area contributed by atoms with Crippen LogP contribution in [-0.4, -0.2) is 31.0 Å². The quantitative estimate of drug-likeness (QED) is 0.291. The van der Waals surface area contributed by atoms with E-state index < -0.39 is 0 Å². The van der Waals surface area contributed by atoms with Crippen LogP contribution in [0.3, 0.4) is 0 Å². The molecule has 156 valence electrons. The van der Waals surface area contributed by atoms with E-state index in [4.69, 9.17) is 9.57 Å². The number of nitrogens with one attached hydrogen (secondary N) is 1. The molecule has 1 aliphatic heterocycles. The third kappa shape index (κ3) is 6.98. The van der Waals surface area contributed by atoms with Gasteiger partial charge in [-0.2, -0.15) is 0 Å². The Morgan fingerprint density at radius 3 is 2.72 bits per heavy atom. The van der Waals surface area contributed by atoms with Crippen LogP contribution in [0.2, 0.25) is 0 Å². The molecule has 6 heteroatoms. The van der Waals surface area contributed by atoms with Crippen molar-refractivity contribution >= 4 is 17.8 Å². The Hall–Kier alpha value is -2.73. The second kappa shape index (κ2) is 11.3. The van der Waals surface area contributed by atoms with E-state index in [9.17, 15) is 4.79 Å². The Bertz CT molecular complexity index is 794. The molecule has 1 N–H and O–H groups in total. The monoisotopic (exact) mass is 397 g/mol. The first-order chi connectivity index (χ1) is 13.9. The van der Waals surface area contributed by atoms with E-state index in [-0.39, 0.29) is 24.5 Å². The molecule has 0 saturated carbocycles. The number of hydrogen-bond acceptors (Lipinski definition) is 5. The molecular formula is C23H31N3O3. The number of amides is 1. The van der Waals surface area contributed by atoms with Gasteiger partial charge in [-0.25, -0.2) is 0 Å². The molecule has 1 aromatic rings. The highest BCUT2D eigenvalue weighted by molar-refractivity contribution is 5.92. The molecule has 1 saturated heterocycles. The minimum atomic E-state index is -0.220. The van der Waals surface area contributed by atoms with Gasteiger partial charge in [0.15, 0.2) is 0 Å². The lowest BCUT2D eigenvalue weighted by Gasteiger charge is -2.11. The molecule has 6 nitrogen and oxygen atoms in total. The number of benzene rings is 1. The fraction of sp³-hybridized carbons (Fsp3) is 0.435. The van der Waals surface area contributed by atoms with Crippen LogP contribution in [0.4, 0.5) is 0 Å². The van der Waals surface area contributed by atoms with Gasteiger partial charge in [-0.05, 0) is 44.7 Å². The summed E-state index contributed by atoms with van der Waals surface area (Å²) >= 11 is 0. The van der Waals surface area contributed by atoms with E-state index in [0.717, 1.165) is 18.6 Å². The molecule has 1 fully saturated rings. The van der Waals surface area contributed by atoms with Gasteiger partial charge in [0, 0.05) is 23.9 Å². The molecule has 29 heavy (non-hydrogen) atoms. The van der Waals surface area contributed by atoms with E-state index >= 15 is 0 Å². The zero-order valence-electron chi connectivity index (χ0n) is 17.8. The maximum Gasteiger partial charge on any atom is 0.248 e. The molecule has 1 amide bonds. The normalized spacial score (nSPS) is 20.1. The summed E-state index contributed by atoms with van der Waals surface area (Å²) in [4.78, 5) is 21.2. The molecule has 1 heterocycles. The second-order valence-electron chi connectivity index (χ2n) is 7.11. The summed E-state index contributed by atoms with van der Waals surface area (Å²) in [5.74, 6) is 0.350. The number of ether oxygens (including phenoxy) is 1. The molecule has 2 atom stereocenters. The maximum absolute atomic E-state index is 11.9. The van der Waals surface area contributed by atoms with Gasteiger partial charge in [0.05, 0.1) is 25.0 Å². The van der Waals surface area contributed by atoms with Crippen molar-refractivity contribution in [2.75, 3.05) is 13.2 Å². The first-order valence-electron chi connectivity index (χ1n) is 9.97. The van der Waals surface area contributed by atoms with Crippen LogP contribution in [0.15, 0.2) is 58.5 Å². The zero-order valence-corrected chi connectivity index (χ0v) is 17.8. The van der Waals surface area contributed by atoms with E-state index in [1.54, 1.807) is 20.1 Å². The standard InChI is InChI=1S/C23H31N3O3/c1-6-19-8-10-20(11-9-19)22-12-21(15-28-22)18(5)26-29-17(4)14-25-23(27)16(3)13-24-7-2/h7-11,13,21-22H,4,6,12,14-15H2,1-3,5H3,(H,25,27)/b16-13+,24-7?,26-18+/t21-,22+/m1/s1. The van der Waals surface area contributed by atoms with E-state index in [1.807, 2.05) is 6.92 Å². The van der Waals surface area contributed by atoms with Crippen molar-refractivity contribution in [2.45, 2.75) is 46.6 Å². The number of aryl methyl sites for hydroxylation is 1. The van der Waals surface area contributed by atoms with Gasteiger partial charge in [0.25, 0.3) is 0 Å². The predicted octanol–water partition coefficient (Wildman–Crippen LogP) is 4.34. The van der Waals surface area contributed by atoms with Crippen LogP contribution in [0.5, 0.6) is 0 Å². The SMILES string of the molecule is C=C(CNC(=O)/C(C)=C/N=CC)O/N=C(\C)[C@H]1CO[C@H](c2ccc(CC)cc2)C1. The Morgan fingerprint density at radius 2 is 2.07 bits per heavy atom. The van der Waals surface area contributed by atoms with E-state index in [2.05, 4.69) is 53.2 Å². The smallest absolute Gasteiger partial charge is 0.248 e. The van der Waals surface area contributed by atoms with Crippen LogP contribution in [0.1, 0.15) is 51.3 Å². The third-order valence-electron chi connectivity index (χ3n) is 4.89. The van der Waals surface area contributed by atoms with E-state index in [1.165, 1.54) is 17.3 Å². The van der Waals surface area contributed by atoms with Crippen molar-refractivity contribution < 1.29 is 14.4 Å². The van der Waals surface area contributed by atoms with Gasteiger partial charge in [0.1, 0.15) is 5.76 Å². The van der Waals surface area contributed by atoms with Gasteiger partial charge in [-0.15, -0.1) is 0 Å². The number of carbonyl (C=O) groups excluding carboxylic acids is 1. The third-order valence-corrected chi connectivity index (χ3v) is 4.89. The first-order valence-corrected chi connectivity index (χ1v) is 9.97. The highest BCUT2D eigenvalue weighted by Crippen LogP contribution is 2.33. The number of aliphatic imine (C=N–C) groups is 1. The van der Waals surface area contributed by atoms with Crippen LogP contribution in [0, 0.1) is 5.92 Å². The minimum Gasteiger partial charge on any atom is -0.373 e. The summed E-state index contributed by atoms with van der Waals surface area (Å²) in [5.41, 5.74) is 3.89. The van der Waals surface area contributed by atoms with Gasteiger partial charge >= 0.3 is 0 Å². The largest absolute Gasteiger partial charge is 0.373 e. The second-order valence-corrected chi connectivity index (χ2v) is 7.11. The highest BCUT2D eigenvalue weighted by atomic mass is 16.6. The Kier molecular flexibility index (Phi) is 8.80. The molecule has 0 bridgehead atoms. The van der Waals surface area contributed by atoms with Gasteiger partial charge in [-0.3, -0.25) is 9.79 Å². The van der Waals surface area contributed by atoms with Crippen LogP contribution in [-0.2, 0) is 20.8 Å². The number of carbonyl (C=O) groups is 1. The van der Waals surface area contributed by atoms with Crippen LogP contribution < -0.4 is 5.32 Å². The Labute approximate surface area is 173 Å². The molecule has 0 radical (unpaired) electrons. The summed E-state index contributed by atoms with van der Waals surface area (Å²) < 4.78 is 5.96. The van der Waals surface area contributed by atoms with Gasteiger partial charge in [-0.1, -0.05) is 42.9 Å². The summed E-state index contributed by atoms with van der Waals surface area (Å²) in [6.07, 6.45) is 5.11. The lowest BCUT2D eigenvalue weighted by atomic mass is 9.96. The van der Waals surface area contributed by atoms with Crippen molar-refractivity contribution in [1.29, 1.82) is 0 Å². The first kappa shape index (κ1) is 22.6. The fourth-order valence-electron chi connectivity index (χ4n) is 2.92. The summed E-state index contributed by atoms with van der Waals surface area (Å²) in [6, 6.07) is 8.59. The number of rotatable bonds is 9. The number of hydrogen-bond donors (Lipinski definition) is 1. The van der Waals surface area contributed by atoms with Crippen molar-refractivity contribution in [3.8, 4) is 0 Å². The van der Waals surface area contributed by atoms with Crippen molar-refractivity contribution in [1.82, 2.24) is 5.32 Å². The van der Waals surface area contributed by atoms with Crippen molar-refractivity contribution in [2.24, 2.45) is 16.1 Å². The van der Waals surface area contributed by atoms with Crippen molar-refractivity contribution in [3.63, 3.8) is 0 Å². The Balaban J connectivity index is 1.80. The summed E-state index contributed by atoms with van der Waals surface area (Å²) in [6.45, 7) is 12.2. The predicted molar refractivity (Wildman–Crippen MR) is 117 cm³/mol. The Morgan fingerprint density at radius 1 is 1.34 bits per heavy atom. The lowest BCUT2D eigenvalue weighted by molar-refractivity contribution is -0.117. The number of nitrogens with zero attached hydrogens (tertiary/aromatic N) is 2. The molecule has 0 aromatic heterocycles. The molecule has 1 aromatic carbocycles. The molecule has 2 rings (SSSR count). The average Bonchev–Trinajstić information content (AvgIpc) is 3.24. The highest BCUT2D eigenvalue weighted by Gasteiger charge is 2.29. The van der Waals surface area contributed by atoms with Gasteiger partial charge in [0.2, 0.25) is 5.91 Å². The van der Waals surface area contributed by atoms with E-state index in [0.29, 0.717) is 17.9 Å². The molecule has 1 aliphatic rings. The minimum absolute atomic E-state index is 0.0825. The number of oxime groups is 1. The van der Waals surface area contributed by atoms with Crippen molar-refractivity contribution in [3.05, 3.63) is 59.5 Å². The molecule has 0 aliphatic carbocycles. The summed E-state index contributed by atoms with van der Waals surface area (Å²) in [5, 5.41) is 6.90. The van der Waals surface area contributed by atoms with Crippen LogP contribution in [0.25, 0.3) is 0 Å².